The molecule has 1 N–H and O–H groups in total. The molecule has 0 atom stereocenters. The molecule has 2 aromatic rings. The first kappa shape index (κ1) is 24.3. The topological polar surface area (TPSA) is 96.6 Å². The Balaban J connectivity index is 1.49. The zero-order chi connectivity index (χ0) is 24.2. The Labute approximate surface area is 215 Å². The Morgan fingerprint density at radius 1 is 1.21 bits per heavy atom. The van der Waals surface area contributed by atoms with Gasteiger partial charge in [0.15, 0.2) is 17.3 Å². The predicted octanol–water partition coefficient (Wildman–Crippen LogP) is 5.10. The molecule has 0 unspecified atom stereocenters. The van der Waals surface area contributed by atoms with Crippen LogP contribution in [-0.2, 0) is 4.79 Å². The number of carbonyl (C=O) groups excluding carboxylic acids is 1. The second kappa shape index (κ2) is 10.6. The number of benzene rings is 2. The molecule has 1 amide bonds. The summed E-state index contributed by atoms with van der Waals surface area (Å²) in [6.45, 7) is 4.71. The second-order valence-corrected chi connectivity index (χ2v) is 9.62. The first-order valence-corrected chi connectivity index (χ1v) is 12.5. The van der Waals surface area contributed by atoms with E-state index in [1.165, 1.54) is 16.8 Å². The summed E-state index contributed by atoms with van der Waals surface area (Å²) < 4.78 is 18.0. The number of hydrogen-bond donors (Lipinski definition) is 1. The van der Waals surface area contributed by atoms with Gasteiger partial charge >= 0.3 is 0 Å². The van der Waals surface area contributed by atoms with Gasteiger partial charge in [-0.05, 0) is 89.2 Å². The molecule has 0 bridgehead atoms. The Morgan fingerprint density at radius 3 is 2.74 bits per heavy atom. The lowest BCUT2D eigenvalue weighted by Crippen LogP contribution is -2.35. The standard InChI is InChI=1S/C24H23IN4O4S/c1-4-20-28-29-22(26)17(23(30)27-24(29)34-20)11-15-12-18(25)21(19(13-15)31-3)33-9-8-32-16-7-5-6-14(2)10-16/h5-7,10-13,26H,4,8-9H2,1-3H3. The fourth-order valence-electron chi connectivity index (χ4n) is 3.31. The van der Waals surface area contributed by atoms with E-state index in [-0.39, 0.29) is 11.4 Å². The molecule has 2 heterocycles. The first-order chi connectivity index (χ1) is 16.4. The number of fused-ring (bicyclic) bond motifs is 1. The van der Waals surface area contributed by atoms with Gasteiger partial charge in [-0.25, -0.2) is 0 Å². The molecule has 0 fully saturated rings. The van der Waals surface area contributed by atoms with E-state index in [4.69, 9.17) is 19.6 Å². The van der Waals surface area contributed by atoms with Crippen molar-refractivity contribution in [3.05, 3.63) is 56.7 Å². The van der Waals surface area contributed by atoms with Crippen molar-refractivity contribution in [1.29, 1.82) is 5.41 Å². The van der Waals surface area contributed by atoms with Crippen LogP contribution in [0.15, 0.2) is 52.1 Å². The molecular formula is C24H23IN4O4S. The average molecular weight is 590 g/mol. The maximum absolute atomic E-state index is 12.6. The quantitative estimate of drug-likeness (QED) is 0.261. The van der Waals surface area contributed by atoms with Crippen molar-refractivity contribution in [2.45, 2.75) is 20.3 Å². The van der Waals surface area contributed by atoms with Crippen LogP contribution in [0.25, 0.3) is 6.08 Å². The molecule has 0 radical (unpaired) electrons. The third kappa shape index (κ3) is 5.27. The minimum absolute atomic E-state index is 0.00792. The van der Waals surface area contributed by atoms with Crippen LogP contribution < -0.4 is 14.2 Å². The molecule has 34 heavy (non-hydrogen) atoms. The third-order valence-corrected chi connectivity index (χ3v) is 6.80. The molecule has 0 aliphatic carbocycles. The Morgan fingerprint density at radius 2 is 2.00 bits per heavy atom. The molecule has 2 aliphatic heterocycles. The van der Waals surface area contributed by atoms with E-state index in [0.717, 1.165) is 19.9 Å². The van der Waals surface area contributed by atoms with Crippen LogP contribution in [0.5, 0.6) is 17.2 Å². The molecule has 0 spiro atoms. The summed E-state index contributed by atoms with van der Waals surface area (Å²) in [5.74, 6) is 1.46. The van der Waals surface area contributed by atoms with Gasteiger partial charge < -0.3 is 14.2 Å². The van der Waals surface area contributed by atoms with E-state index in [1.54, 1.807) is 19.3 Å². The van der Waals surface area contributed by atoms with Gasteiger partial charge in [-0.2, -0.15) is 15.1 Å². The van der Waals surface area contributed by atoms with Crippen molar-refractivity contribution in [1.82, 2.24) is 5.01 Å². The van der Waals surface area contributed by atoms with E-state index in [0.29, 0.717) is 41.9 Å². The van der Waals surface area contributed by atoms with E-state index >= 15 is 0 Å². The van der Waals surface area contributed by atoms with E-state index in [1.807, 2.05) is 44.2 Å². The Hall–Kier alpha value is -2.86. The highest BCUT2D eigenvalue weighted by Crippen LogP contribution is 2.35. The number of hydrogen-bond acceptors (Lipinski definition) is 7. The number of rotatable bonds is 8. The highest BCUT2D eigenvalue weighted by molar-refractivity contribution is 14.1. The largest absolute Gasteiger partial charge is 0.493 e. The van der Waals surface area contributed by atoms with Gasteiger partial charge in [0.2, 0.25) is 5.17 Å². The zero-order valence-electron chi connectivity index (χ0n) is 18.9. The van der Waals surface area contributed by atoms with Crippen molar-refractivity contribution in [3.8, 4) is 17.2 Å². The van der Waals surface area contributed by atoms with Crippen molar-refractivity contribution < 1.29 is 19.0 Å². The van der Waals surface area contributed by atoms with Crippen molar-refractivity contribution >= 4 is 62.4 Å². The third-order valence-electron chi connectivity index (χ3n) is 4.95. The van der Waals surface area contributed by atoms with Gasteiger partial charge in [0.1, 0.15) is 24.0 Å². The number of methoxy groups -OCH3 is 1. The summed E-state index contributed by atoms with van der Waals surface area (Å²) in [6.07, 6.45) is 2.35. The number of aliphatic imine (C=N–C) groups is 1. The van der Waals surface area contributed by atoms with E-state index in [2.05, 4.69) is 32.7 Å². The van der Waals surface area contributed by atoms with Crippen LogP contribution in [0.1, 0.15) is 24.5 Å². The number of aryl methyl sites for hydroxylation is 1. The number of nitrogens with one attached hydrogen (secondary N) is 1. The Bertz CT molecular complexity index is 1240. The van der Waals surface area contributed by atoms with Crippen molar-refractivity contribution in [2.75, 3.05) is 20.3 Å². The normalized spacial score (nSPS) is 16.4. The molecule has 0 aromatic heterocycles. The first-order valence-electron chi connectivity index (χ1n) is 10.6. The number of ether oxygens (including phenoxy) is 3. The van der Waals surface area contributed by atoms with Crippen LogP contribution in [0.4, 0.5) is 0 Å². The molecule has 176 valence electrons. The number of thioether (sulfide) groups is 1. The van der Waals surface area contributed by atoms with Gasteiger partial charge in [-0.15, -0.1) is 0 Å². The lowest BCUT2D eigenvalue weighted by atomic mass is 10.1. The summed E-state index contributed by atoms with van der Waals surface area (Å²) in [5.41, 5.74) is 2.00. The van der Waals surface area contributed by atoms with E-state index < -0.39 is 5.91 Å². The van der Waals surface area contributed by atoms with E-state index in [9.17, 15) is 4.79 Å². The van der Waals surface area contributed by atoms with Crippen molar-refractivity contribution in [3.63, 3.8) is 0 Å². The predicted molar refractivity (Wildman–Crippen MR) is 143 cm³/mol. The smallest absolute Gasteiger partial charge is 0.283 e. The summed E-state index contributed by atoms with van der Waals surface area (Å²) in [4.78, 5) is 16.7. The van der Waals surface area contributed by atoms with Crippen LogP contribution in [-0.4, -0.2) is 47.3 Å². The number of amidine groups is 2. The zero-order valence-corrected chi connectivity index (χ0v) is 21.9. The molecule has 2 aliphatic rings. The molecule has 0 saturated carbocycles. The van der Waals surface area contributed by atoms with Crippen molar-refractivity contribution in [2.24, 2.45) is 10.1 Å². The lowest BCUT2D eigenvalue weighted by molar-refractivity contribution is -0.114. The van der Waals surface area contributed by atoms with Crippen LogP contribution in [0.3, 0.4) is 0 Å². The number of halogens is 1. The second-order valence-electron chi connectivity index (χ2n) is 7.41. The molecule has 10 heteroatoms. The van der Waals surface area contributed by atoms with Gasteiger partial charge in [-0.1, -0.05) is 19.1 Å². The molecule has 8 nitrogen and oxygen atoms in total. The minimum atomic E-state index is -0.459. The summed E-state index contributed by atoms with van der Waals surface area (Å²) in [5, 5.41) is 15.5. The average Bonchev–Trinajstić information content (AvgIpc) is 3.23. The minimum Gasteiger partial charge on any atom is -0.493 e. The van der Waals surface area contributed by atoms with Crippen LogP contribution in [0.2, 0.25) is 0 Å². The lowest BCUT2D eigenvalue weighted by Gasteiger charge is -2.20. The fraction of sp³-hybridized carbons (Fsp3) is 0.250. The van der Waals surface area contributed by atoms with Crippen LogP contribution >= 0.6 is 34.4 Å². The number of hydrazone groups is 1. The number of nitrogens with zero attached hydrogens (tertiary/aromatic N) is 3. The number of carbonyl (C=O) groups is 1. The maximum Gasteiger partial charge on any atom is 0.283 e. The SMILES string of the molecule is CCC1=NN2C(=N)C(=Cc3cc(I)c(OCCOc4cccc(C)c4)c(OC)c3)C(=O)N=C2S1. The number of amides is 1. The Kier molecular flexibility index (Phi) is 7.57. The van der Waals surface area contributed by atoms with Gasteiger partial charge in [0, 0.05) is 0 Å². The molecule has 4 rings (SSSR count). The summed E-state index contributed by atoms with van der Waals surface area (Å²) >= 11 is 3.48. The van der Waals surface area contributed by atoms with Crippen LogP contribution in [0, 0.1) is 15.9 Å². The highest BCUT2D eigenvalue weighted by Gasteiger charge is 2.35. The highest BCUT2D eigenvalue weighted by atomic mass is 127. The molecule has 2 aromatic carbocycles. The monoisotopic (exact) mass is 590 g/mol. The van der Waals surface area contributed by atoms with Gasteiger partial charge in [-0.3, -0.25) is 10.2 Å². The molecular weight excluding hydrogens is 567 g/mol. The van der Waals surface area contributed by atoms with Gasteiger partial charge in [0.25, 0.3) is 5.91 Å². The maximum atomic E-state index is 12.6. The summed E-state index contributed by atoms with van der Waals surface area (Å²) in [6, 6.07) is 11.5. The molecule has 0 saturated heterocycles. The van der Waals surface area contributed by atoms with Gasteiger partial charge in [0.05, 0.1) is 16.3 Å². The summed E-state index contributed by atoms with van der Waals surface area (Å²) in [7, 11) is 1.56. The fourth-order valence-corrected chi connectivity index (χ4v) is 4.92.